The van der Waals surface area contributed by atoms with Crippen LogP contribution >= 0.6 is 0 Å². The van der Waals surface area contributed by atoms with Crippen LogP contribution in [-0.4, -0.2) is 6.04 Å². The van der Waals surface area contributed by atoms with Crippen LogP contribution in [-0.2, 0) is 6.42 Å². The van der Waals surface area contributed by atoms with E-state index >= 15 is 0 Å². The van der Waals surface area contributed by atoms with Crippen LogP contribution in [0.2, 0.25) is 0 Å². The SMILES string of the molecule is CCC(N)Cc1cc(C)ccc1Oc1cc(F)ccc1F. The van der Waals surface area contributed by atoms with Gasteiger partial charge in [0.25, 0.3) is 0 Å². The van der Waals surface area contributed by atoms with E-state index in [1.807, 2.05) is 26.0 Å². The molecule has 0 fully saturated rings. The molecule has 2 aromatic rings. The molecular weight excluding hydrogens is 272 g/mol. The van der Waals surface area contributed by atoms with E-state index in [0.29, 0.717) is 12.2 Å². The molecule has 2 nitrogen and oxygen atoms in total. The van der Waals surface area contributed by atoms with Crippen LogP contribution in [0, 0.1) is 18.6 Å². The topological polar surface area (TPSA) is 35.2 Å². The molecule has 0 aromatic heterocycles. The first-order valence-corrected chi connectivity index (χ1v) is 6.97. The van der Waals surface area contributed by atoms with Gasteiger partial charge in [-0.2, -0.15) is 0 Å². The zero-order valence-corrected chi connectivity index (χ0v) is 12.2. The van der Waals surface area contributed by atoms with Gasteiger partial charge >= 0.3 is 0 Å². The predicted octanol–water partition coefficient (Wildman–Crippen LogP) is 4.35. The second kappa shape index (κ2) is 6.68. The molecule has 4 heteroatoms. The fourth-order valence-electron chi connectivity index (χ4n) is 2.07. The third-order valence-electron chi connectivity index (χ3n) is 3.34. The molecule has 0 amide bonds. The molecule has 0 spiro atoms. The highest BCUT2D eigenvalue weighted by Gasteiger charge is 2.12. The number of hydrogen-bond acceptors (Lipinski definition) is 2. The lowest BCUT2D eigenvalue weighted by molar-refractivity contribution is 0.430. The fourth-order valence-corrected chi connectivity index (χ4v) is 2.07. The van der Waals surface area contributed by atoms with Crippen LogP contribution in [0.3, 0.4) is 0 Å². The van der Waals surface area contributed by atoms with Gasteiger partial charge < -0.3 is 10.5 Å². The van der Waals surface area contributed by atoms with Gasteiger partial charge in [0.05, 0.1) is 0 Å². The van der Waals surface area contributed by atoms with Crippen molar-refractivity contribution in [2.75, 3.05) is 0 Å². The number of aryl methyl sites for hydroxylation is 1. The van der Waals surface area contributed by atoms with Crippen LogP contribution in [0.1, 0.15) is 24.5 Å². The second-order valence-electron chi connectivity index (χ2n) is 5.16. The summed E-state index contributed by atoms with van der Waals surface area (Å²) in [7, 11) is 0. The summed E-state index contributed by atoms with van der Waals surface area (Å²) < 4.78 is 32.4. The first-order valence-electron chi connectivity index (χ1n) is 6.97. The highest BCUT2D eigenvalue weighted by atomic mass is 19.1. The quantitative estimate of drug-likeness (QED) is 0.889. The zero-order valence-electron chi connectivity index (χ0n) is 12.2. The lowest BCUT2D eigenvalue weighted by Gasteiger charge is -2.15. The number of rotatable bonds is 5. The Bertz CT molecular complexity index is 628. The van der Waals surface area contributed by atoms with Gasteiger partial charge in [-0.25, -0.2) is 8.78 Å². The van der Waals surface area contributed by atoms with Crippen molar-refractivity contribution in [3.63, 3.8) is 0 Å². The van der Waals surface area contributed by atoms with E-state index < -0.39 is 11.6 Å². The van der Waals surface area contributed by atoms with E-state index in [2.05, 4.69) is 0 Å². The fraction of sp³-hybridized carbons (Fsp3) is 0.294. The predicted molar refractivity (Wildman–Crippen MR) is 79.6 cm³/mol. The molecule has 1 atom stereocenters. The summed E-state index contributed by atoms with van der Waals surface area (Å²) in [6.45, 7) is 3.97. The molecule has 21 heavy (non-hydrogen) atoms. The summed E-state index contributed by atoms with van der Waals surface area (Å²) in [6.07, 6.45) is 1.46. The Balaban J connectivity index is 2.32. The normalized spacial score (nSPS) is 12.2. The molecule has 2 aromatic carbocycles. The molecule has 2 N–H and O–H groups in total. The number of hydrogen-bond donors (Lipinski definition) is 1. The Kier molecular flexibility index (Phi) is 4.91. The number of benzene rings is 2. The summed E-state index contributed by atoms with van der Waals surface area (Å²) in [6, 6.07) is 8.75. The van der Waals surface area contributed by atoms with E-state index in [0.717, 1.165) is 35.7 Å². The summed E-state index contributed by atoms with van der Waals surface area (Å²) in [4.78, 5) is 0. The third-order valence-corrected chi connectivity index (χ3v) is 3.34. The van der Waals surface area contributed by atoms with Gasteiger partial charge in [0.2, 0.25) is 0 Å². The Morgan fingerprint density at radius 2 is 1.86 bits per heavy atom. The maximum atomic E-state index is 13.7. The average molecular weight is 291 g/mol. The number of nitrogens with two attached hydrogens (primary N) is 1. The first-order chi connectivity index (χ1) is 9.99. The molecule has 0 aliphatic rings. The minimum Gasteiger partial charge on any atom is -0.454 e. The second-order valence-corrected chi connectivity index (χ2v) is 5.16. The van der Waals surface area contributed by atoms with E-state index in [1.54, 1.807) is 6.07 Å². The van der Waals surface area contributed by atoms with Crippen molar-refractivity contribution < 1.29 is 13.5 Å². The lowest BCUT2D eigenvalue weighted by Crippen LogP contribution is -2.21. The van der Waals surface area contributed by atoms with E-state index in [4.69, 9.17) is 10.5 Å². The van der Waals surface area contributed by atoms with Gasteiger partial charge in [0.1, 0.15) is 11.6 Å². The molecule has 0 saturated heterocycles. The molecule has 0 saturated carbocycles. The van der Waals surface area contributed by atoms with Crippen molar-refractivity contribution in [2.45, 2.75) is 32.7 Å². The molecular formula is C17H19F2NO. The Hall–Kier alpha value is -1.94. The van der Waals surface area contributed by atoms with Gasteiger partial charge in [-0.15, -0.1) is 0 Å². The van der Waals surface area contributed by atoms with E-state index in [-0.39, 0.29) is 11.8 Å². The highest BCUT2D eigenvalue weighted by Crippen LogP contribution is 2.29. The van der Waals surface area contributed by atoms with Crippen LogP contribution in [0.5, 0.6) is 11.5 Å². The minimum atomic E-state index is -0.595. The monoisotopic (exact) mass is 291 g/mol. The van der Waals surface area contributed by atoms with Crippen molar-refractivity contribution in [3.8, 4) is 11.5 Å². The van der Waals surface area contributed by atoms with Gasteiger partial charge in [0, 0.05) is 12.1 Å². The minimum absolute atomic E-state index is 0.00602. The van der Waals surface area contributed by atoms with E-state index in [1.165, 1.54) is 0 Å². The van der Waals surface area contributed by atoms with Crippen molar-refractivity contribution in [2.24, 2.45) is 5.73 Å². The summed E-state index contributed by atoms with van der Waals surface area (Å²) in [5, 5.41) is 0. The maximum Gasteiger partial charge on any atom is 0.165 e. The molecule has 112 valence electrons. The van der Waals surface area contributed by atoms with Crippen LogP contribution < -0.4 is 10.5 Å². The van der Waals surface area contributed by atoms with Crippen molar-refractivity contribution >= 4 is 0 Å². The summed E-state index contributed by atoms with van der Waals surface area (Å²) >= 11 is 0. The van der Waals surface area contributed by atoms with Gasteiger partial charge in [0.15, 0.2) is 11.6 Å². The van der Waals surface area contributed by atoms with Gasteiger partial charge in [-0.3, -0.25) is 0 Å². The van der Waals surface area contributed by atoms with Crippen LogP contribution in [0.25, 0.3) is 0 Å². The zero-order chi connectivity index (χ0) is 15.4. The van der Waals surface area contributed by atoms with Crippen molar-refractivity contribution in [1.29, 1.82) is 0 Å². The van der Waals surface area contributed by atoms with E-state index in [9.17, 15) is 8.78 Å². The van der Waals surface area contributed by atoms with Gasteiger partial charge in [-0.05, 0) is 43.5 Å². The maximum absolute atomic E-state index is 13.7. The molecule has 0 aliphatic carbocycles. The lowest BCUT2D eigenvalue weighted by atomic mass is 10.0. The molecule has 0 radical (unpaired) electrons. The summed E-state index contributed by atoms with van der Waals surface area (Å²) in [5.41, 5.74) is 7.95. The number of ether oxygens (including phenoxy) is 1. The van der Waals surface area contributed by atoms with Gasteiger partial charge in [-0.1, -0.05) is 24.6 Å². The van der Waals surface area contributed by atoms with Crippen molar-refractivity contribution in [1.82, 2.24) is 0 Å². The largest absolute Gasteiger partial charge is 0.454 e. The molecule has 0 heterocycles. The molecule has 2 rings (SSSR count). The third kappa shape index (κ3) is 4.02. The Morgan fingerprint density at radius 3 is 2.57 bits per heavy atom. The number of halogens is 2. The highest BCUT2D eigenvalue weighted by molar-refractivity contribution is 5.41. The smallest absolute Gasteiger partial charge is 0.165 e. The summed E-state index contributed by atoms with van der Waals surface area (Å²) in [5.74, 6) is -0.743. The molecule has 0 bridgehead atoms. The Morgan fingerprint density at radius 1 is 1.10 bits per heavy atom. The average Bonchev–Trinajstić information content (AvgIpc) is 2.45. The Labute approximate surface area is 123 Å². The van der Waals surface area contributed by atoms with Crippen molar-refractivity contribution in [3.05, 3.63) is 59.2 Å². The molecule has 1 unspecified atom stereocenters. The first kappa shape index (κ1) is 15.4. The van der Waals surface area contributed by atoms with Crippen LogP contribution in [0.4, 0.5) is 8.78 Å². The molecule has 0 aliphatic heterocycles. The standard InChI is InChI=1S/C17H19F2NO/c1-3-14(20)9-12-8-11(2)4-7-16(12)21-17-10-13(18)5-6-15(17)19/h4-8,10,14H,3,9,20H2,1-2H3. The van der Waals surface area contributed by atoms with Crippen LogP contribution in [0.15, 0.2) is 36.4 Å².